The highest BCUT2D eigenvalue weighted by atomic mass is 79.9. The summed E-state index contributed by atoms with van der Waals surface area (Å²) in [5.41, 5.74) is 6.10. The summed E-state index contributed by atoms with van der Waals surface area (Å²) in [4.78, 5) is 0. The number of halogens is 2. The molecule has 0 bridgehead atoms. The largest absolute Gasteiger partial charge is 0.487 e. The maximum Gasteiger partial charge on any atom is 0.142 e. The van der Waals surface area contributed by atoms with E-state index in [9.17, 15) is 0 Å². The van der Waals surface area contributed by atoms with Gasteiger partial charge in [0.05, 0.1) is 5.02 Å². The number of hydrogen-bond donors (Lipinski definition) is 0. The summed E-state index contributed by atoms with van der Waals surface area (Å²) in [6.45, 7) is 6.90. The fraction of sp³-hybridized carbons (Fsp3) is 0.294. The first kappa shape index (κ1) is 15.4. The van der Waals surface area contributed by atoms with Crippen molar-refractivity contribution in [1.29, 1.82) is 0 Å². The molecule has 0 saturated heterocycles. The SMILES string of the molecule is Cc1cc(C)c(COc2c(Cl)cccc2CBr)c(C)c1. The molecule has 0 unspecified atom stereocenters. The lowest BCUT2D eigenvalue weighted by Crippen LogP contribution is -2.03. The summed E-state index contributed by atoms with van der Waals surface area (Å²) in [6, 6.07) is 10.2. The average molecular weight is 354 g/mol. The van der Waals surface area contributed by atoms with Crippen LogP contribution in [0.2, 0.25) is 5.02 Å². The lowest BCUT2D eigenvalue weighted by molar-refractivity contribution is 0.302. The van der Waals surface area contributed by atoms with E-state index in [-0.39, 0.29) is 0 Å². The summed E-state index contributed by atoms with van der Waals surface area (Å²) in [6.07, 6.45) is 0. The van der Waals surface area contributed by atoms with Gasteiger partial charge < -0.3 is 4.74 Å². The Kier molecular flexibility index (Phi) is 5.11. The number of aryl methyl sites for hydroxylation is 3. The van der Waals surface area contributed by atoms with Crippen molar-refractivity contribution in [1.82, 2.24) is 0 Å². The van der Waals surface area contributed by atoms with Gasteiger partial charge in [-0.3, -0.25) is 0 Å². The highest BCUT2D eigenvalue weighted by Gasteiger charge is 2.10. The molecule has 0 spiro atoms. The Labute approximate surface area is 134 Å². The Morgan fingerprint density at radius 3 is 2.35 bits per heavy atom. The smallest absolute Gasteiger partial charge is 0.142 e. The zero-order chi connectivity index (χ0) is 14.7. The molecular formula is C17H18BrClO. The summed E-state index contributed by atoms with van der Waals surface area (Å²) in [7, 11) is 0. The summed E-state index contributed by atoms with van der Waals surface area (Å²) in [5.74, 6) is 0.769. The Hall–Kier alpha value is -0.990. The fourth-order valence-electron chi connectivity index (χ4n) is 2.40. The molecular weight excluding hydrogens is 336 g/mol. The molecule has 20 heavy (non-hydrogen) atoms. The standard InChI is InChI=1S/C17H18BrClO/c1-11-7-12(2)15(13(3)8-11)10-20-17-14(9-18)5-4-6-16(17)19/h4-8H,9-10H2,1-3H3. The molecule has 106 valence electrons. The molecule has 2 aromatic rings. The number of ether oxygens (including phenoxy) is 1. The minimum absolute atomic E-state index is 0.543. The van der Waals surface area contributed by atoms with Gasteiger partial charge in [0.1, 0.15) is 12.4 Å². The second-order valence-electron chi connectivity index (χ2n) is 5.03. The van der Waals surface area contributed by atoms with Crippen molar-refractivity contribution >= 4 is 27.5 Å². The predicted octanol–water partition coefficient (Wildman–Crippen LogP) is 5.74. The van der Waals surface area contributed by atoms with E-state index in [4.69, 9.17) is 16.3 Å². The molecule has 0 aliphatic rings. The maximum absolute atomic E-state index is 6.23. The van der Waals surface area contributed by atoms with Crippen LogP contribution in [0, 0.1) is 20.8 Å². The molecule has 0 saturated carbocycles. The number of para-hydroxylation sites is 1. The lowest BCUT2D eigenvalue weighted by Gasteiger charge is -2.15. The molecule has 0 N–H and O–H groups in total. The molecule has 0 aliphatic carbocycles. The van der Waals surface area contributed by atoms with Crippen molar-refractivity contribution in [3.05, 3.63) is 63.2 Å². The highest BCUT2D eigenvalue weighted by molar-refractivity contribution is 9.08. The Morgan fingerprint density at radius 2 is 1.75 bits per heavy atom. The number of hydrogen-bond acceptors (Lipinski definition) is 1. The van der Waals surface area contributed by atoms with Gasteiger partial charge in [-0.15, -0.1) is 0 Å². The van der Waals surface area contributed by atoms with Gasteiger partial charge in [0.2, 0.25) is 0 Å². The van der Waals surface area contributed by atoms with Gasteiger partial charge >= 0.3 is 0 Å². The molecule has 1 nitrogen and oxygen atoms in total. The first-order valence-corrected chi connectivity index (χ1v) is 8.05. The van der Waals surface area contributed by atoms with E-state index in [1.807, 2.05) is 18.2 Å². The van der Waals surface area contributed by atoms with Crippen LogP contribution in [-0.4, -0.2) is 0 Å². The van der Waals surface area contributed by atoms with Crippen LogP contribution in [0.25, 0.3) is 0 Å². The third-order valence-corrected chi connectivity index (χ3v) is 4.30. The number of benzene rings is 2. The molecule has 0 aliphatic heterocycles. The van der Waals surface area contributed by atoms with Crippen molar-refractivity contribution in [3.8, 4) is 5.75 Å². The minimum Gasteiger partial charge on any atom is -0.487 e. The van der Waals surface area contributed by atoms with E-state index in [0.29, 0.717) is 11.6 Å². The van der Waals surface area contributed by atoms with Crippen molar-refractivity contribution < 1.29 is 4.74 Å². The Balaban J connectivity index is 2.26. The number of alkyl halides is 1. The maximum atomic E-state index is 6.23. The van der Waals surface area contributed by atoms with E-state index >= 15 is 0 Å². The van der Waals surface area contributed by atoms with Crippen molar-refractivity contribution in [3.63, 3.8) is 0 Å². The zero-order valence-corrected chi connectivity index (χ0v) is 14.3. The van der Waals surface area contributed by atoms with Gasteiger partial charge in [0, 0.05) is 10.9 Å². The fourth-order valence-corrected chi connectivity index (χ4v) is 3.09. The van der Waals surface area contributed by atoms with Crippen LogP contribution < -0.4 is 4.74 Å². The molecule has 0 radical (unpaired) electrons. The molecule has 2 aromatic carbocycles. The van der Waals surface area contributed by atoms with Gasteiger partial charge in [-0.05, 0) is 43.5 Å². The van der Waals surface area contributed by atoms with Crippen molar-refractivity contribution in [2.24, 2.45) is 0 Å². The van der Waals surface area contributed by atoms with Gasteiger partial charge in [0.25, 0.3) is 0 Å². The molecule has 0 heterocycles. The van der Waals surface area contributed by atoms with Crippen LogP contribution in [0.15, 0.2) is 30.3 Å². The molecule has 0 fully saturated rings. The number of rotatable bonds is 4. The third kappa shape index (κ3) is 3.36. The average Bonchev–Trinajstić information content (AvgIpc) is 2.38. The normalized spacial score (nSPS) is 10.7. The van der Waals surface area contributed by atoms with Crippen LogP contribution in [0.4, 0.5) is 0 Å². The predicted molar refractivity (Wildman–Crippen MR) is 89.1 cm³/mol. The second-order valence-corrected chi connectivity index (χ2v) is 6.00. The summed E-state index contributed by atoms with van der Waals surface area (Å²) in [5, 5.41) is 1.39. The van der Waals surface area contributed by atoms with Crippen molar-refractivity contribution in [2.75, 3.05) is 0 Å². The minimum atomic E-state index is 0.543. The third-order valence-electron chi connectivity index (χ3n) is 3.39. The summed E-state index contributed by atoms with van der Waals surface area (Å²) < 4.78 is 5.98. The van der Waals surface area contributed by atoms with E-state index in [1.54, 1.807) is 0 Å². The van der Waals surface area contributed by atoms with E-state index in [0.717, 1.165) is 16.6 Å². The van der Waals surface area contributed by atoms with E-state index in [1.165, 1.54) is 22.3 Å². The van der Waals surface area contributed by atoms with Crippen LogP contribution in [-0.2, 0) is 11.9 Å². The van der Waals surface area contributed by atoms with Crippen LogP contribution in [0.1, 0.15) is 27.8 Å². The van der Waals surface area contributed by atoms with Gasteiger partial charge in [-0.1, -0.05) is 57.4 Å². The highest BCUT2D eigenvalue weighted by Crippen LogP contribution is 2.31. The van der Waals surface area contributed by atoms with Crippen LogP contribution in [0.3, 0.4) is 0 Å². The quantitative estimate of drug-likeness (QED) is 0.637. The van der Waals surface area contributed by atoms with Gasteiger partial charge in [-0.25, -0.2) is 0 Å². The van der Waals surface area contributed by atoms with E-state index in [2.05, 4.69) is 48.8 Å². The molecule has 0 aromatic heterocycles. The second kappa shape index (κ2) is 6.64. The molecule has 0 atom stereocenters. The zero-order valence-electron chi connectivity index (χ0n) is 12.0. The first-order chi connectivity index (χ1) is 9.52. The van der Waals surface area contributed by atoms with Gasteiger partial charge in [-0.2, -0.15) is 0 Å². The summed E-state index contributed by atoms with van der Waals surface area (Å²) >= 11 is 9.70. The lowest BCUT2D eigenvalue weighted by atomic mass is 10.0. The first-order valence-electron chi connectivity index (χ1n) is 6.55. The molecule has 0 amide bonds. The van der Waals surface area contributed by atoms with E-state index < -0.39 is 0 Å². The Bertz CT molecular complexity index is 599. The van der Waals surface area contributed by atoms with Crippen LogP contribution >= 0.6 is 27.5 Å². The van der Waals surface area contributed by atoms with Crippen LogP contribution in [0.5, 0.6) is 5.75 Å². The topological polar surface area (TPSA) is 9.23 Å². The van der Waals surface area contributed by atoms with Gasteiger partial charge in [0.15, 0.2) is 0 Å². The Morgan fingerprint density at radius 1 is 1.10 bits per heavy atom. The van der Waals surface area contributed by atoms with Crippen molar-refractivity contribution in [2.45, 2.75) is 32.7 Å². The molecule has 3 heteroatoms. The monoisotopic (exact) mass is 352 g/mol. The molecule has 2 rings (SSSR count).